The lowest BCUT2D eigenvalue weighted by Gasteiger charge is -2.31. The van der Waals surface area contributed by atoms with Gasteiger partial charge in [-0.15, -0.1) is 0 Å². The lowest BCUT2D eigenvalue weighted by atomic mass is 9.95. The molecule has 1 unspecified atom stereocenters. The third-order valence-corrected chi connectivity index (χ3v) is 8.81. The van der Waals surface area contributed by atoms with Crippen molar-refractivity contribution in [1.29, 1.82) is 0 Å². The molecule has 14 heteroatoms. The van der Waals surface area contributed by atoms with E-state index in [9.17, 15) is 19.5 Å². The summed E-state index contributed by atoms with van der Waals surface area (Å²) in [5.41, 5.74) is 2.90. The third kappa shape index (κ3) is 4.93. The van der Waals surface area contributed by atoms with Crippen LogP contribution in [0.3, 0.4) is 0 Å². The van der Waals surface area contributed by atoms with Gasteiger partial charge in [0.05, 0.1) is 57.3 Å². The largest absolute Gasteiger partial charge is 0.493 e. The molecular formula is C32H37N5O9. The number of aliphatic hydroxyl groups excluding tert-OH is 1. The van der Waals surface area contributed by atoms with E-state index in [1.54, 1.807) is 30.0 Å². The molecule has 0 saturated carbocycles. The molecule has 1 fully saturated rings. The fraction of sp³-hybridized carbons (Fsp3) is 0.406. The van der Waals surface area contributed by atoms with Gasteiger partial charge in [0.2, 0.25) is 5.75 Å². The summed E-state index contributed by atoms with van der Waals surface area (Å²) in [5, 5.41) is 11.6. The van der Waals surface area contributed by atoms with Crippen molar-refractivity contribution in [3.63, 3.8) is 0 Å². The number of aryl methyl sites for hydroxylation is 1. The van der Waals surface area contributed by atoms with Crippen molar-refractivity contribution in [2.24, 2.45) is 0 Å². The molecule has 0 spiro atoms. The molecule has 6 rings (SSSR count). The van der Waals surface area contributed by atoms with E-state index in [0.29, 0.717) is 82.2 Å². The van der Waals surface area contributed by atoms with Crippen molar-refractivity contribution in [1.82, 2.24) is 19.8 Å². The summed E-state index contributed by atoms with van der Waals surface area (Å²) in [6.45, 7) is 3.93. The van der Waals surface area contributed by atoms with Crippen LogP contribution >= 0.6 is 0 Å². The minimum Gasteiger partial charge on any atom is -0.493 e. The molecule has 4 aromatic rings. The molecule has 2 aliphatic rings. The fourth-order valence-electron chi connectivity index (χ4n) is 6.46. The average Bonchev–Trinajstić information content (AvgIpc) is 3.76. The minimum atomic E-state index is -0.597. The maximum atomic E-state index is 14.3. The fourth-order valence-corrected chi connectivity index (χ4v) is 6.46. The summed E-state index contributed by atoms with van der Waals surface area (Å²) in [6.07, 6.45) is -0.540. The zero-order chi connectivity index (χ0) is 32.9. The Labute approximate surface area is 264 Å². The van der Waals surface area contributed by atoms with Crippen LogP contribution < -0.4 is 23.8 Å². The first-order valence-electron chi connectivity index (χ1n) is 14.8. The smallest absolute Gasteiger partial charge is 0.415 e. The molecule has 46 heavy (non-hydrogen) atoms. The van der Waals surface area contributed by atoms with E-state index in [-0.39, 0.29) is 30.2 Å². The van der Waals surface area contributed by atoms with Gasteiger partial charge < -0.3 is 53.5 Å². The highest BCUT2D eigenvalue weighted by molar-refractivity contribution is 6.15. The van der Waals surface area contributed by atoms with Crippen LogP contribution in [0.15, 0.2) is 18.2 Å². The minimum absolute atomic E-state index is 0.111. The predicted octanol–water partition coefficient (Wildman–Crippen LogP) is 3.25. The van der Waals surface area contributed by atoms with E-state index in [1.165, 1.54) is 33.3 Å². The second-order valence-corrected chi connectivity index (χ2v) is 11.4. The average molecular weight is 636 g/mol. The monoisotopic (exact) mass is 635 g/mol. The molecule has 2 aromatic heterocycles. The van der Waals surface area contributed by atoms with Crippen LogP contribution in [0.5, 0.6) is 23.0 Å². The van der Waals surface area contributed by atoms with Crippen molar-refractivity contribution in [3.8, 4) is 23.0 Å². The Balaban J connectivity index is 1.49. The number of esters is 1. The van der Waals surface area contributed by atoms with Gasteiger partial charge in [-0.2, -0.15) is 0 Å². The molecule has 0 radical (unpaired) electrons. The molecule has 3 N–H and O–H groups in total. The number of benzene rings is 2. The Morgan fingerprint density at radius 3 is 2.26 bits per heavy atom. The number of anilines is 1. The number of likely N-dealkylation sites (N-methyl/N-ethyl adjacent to an activating group) is 1. The summed E-state index contributed by atoms with van der Waals surface area (Å²) in [4.78, 5) is 52.3. The molecule has 1 atom stereocenters. The number of nitrogens with one attached hydrogen (secondary N) is 2. The van der Waals surface area contributed by atoms with Gasteiger partial charge in [0.15, 0.2) is 17.2 Å². The van der Waals surface area contributed by atoms with Gasteiger partial charge in [0, 0.05) is 61.2 Å². The number of nitrogens with zero attached hydrogens (tertiary/aromatic N) is 3. The summed E-state index contributed by atoms with van der Waals surface area (Å²) in [7, 11) is 7.78. The van der Waals surface area contributed by atoms with Crippen molar-refractivity contribution in [2.75, 3.05) is 79.7 Å². The van der Waals surface area contributed by atoms with Crippen molar-refractivity contribution in [2.45, 2.75) is 12.8 Å². The van der Waals surface area contributed by atoms with E-state index < -0.39 is 23.9 Å². The maximum Gasteiger partial charge on any atom is 0.415 e. The first-order valence-corrected chi connectivity index (χ1v) is 14.8. The number of rotatable bonds is 7. The number of piperazine rings is 1. The molecule has 1 saturated heterocycles. The summed E-state index contributed by atoms with van der Waals surface area (Å²) >= 11 is 0. The Kier molecular flexibility index (Phi) is 8.17. The maximum absolute atomic E-state index is 14.3. The van der Waals surface area contributed by atoms with Crippen LogP contribution in [0.25, 0.3) is 21.8 Å². The predicted molar refractivity (Wildman–Crippen MR) is 169 cm³/mol. The molecule has 2 aromatic carbocycles. The SMILES string of the molecule is COC(=O)c1c(C)[nH]c2c(OC(=O)N3CCN(C)CC3)cc3c(c12)C(CO)CN3C(=O)c1cc2cc(OC)c(OC)c(OC)c2[nH]1. The zero-order valence-corrected chi connectivity index (χ0v) is 26.6. The molecular weight excluding hydrogens is 598 g/mol. The van der Waals surface area contributed by atoms with E-state index in [2.05, 4.69) is 14.9 Å². The summed E-state index contributed by atoms with van der Waals surface area (Å²) in [6, 6.07) is 5.04. The topological polar surface area (TPSA) is 159 Å². The highest BCUT2D eigenvalue weighted by Crippen LogP contribution is 2.48. The molecule has 2 amide bonds. The zero-order valence-electron chi connectivity index (χ0n) is 26.6. The molecule has 2 aliphatic heterocycles. The van der Waals surface area contributed by atoms with E-state index in [4.69, 9.17) is 23.7 Å². The number of H-pyrrole nitrogens is 2. The van der Waals surface area contributed by atoms with E-state index in [1.807, 2.05) is 7.05 Å². The number of ether oxygens (including phenoxy) is 5. The number of fused-ring (bicyclic) bond motifs is 4. The molecule has 244 valence electrons. The molecule has 14 nitrogen and oxygen atoms in total. The number of carbonyl (C=O) groups is 3. The van der Waals surface area contributed by atoms with Gasteiger partial charge in [-0.1, -0.05) is 0 Å². The number of aliphatic hydroxyl groups is 1. The third-order valence-electron chi connectivity index (χ3n) is 8.81. The van der Waals surface area contributed by atoms with Crippen LogP contribution in [0.1, 0.15) is 38.0 Å². The number of aromatic nitrogens is 2. The van der Waals surface area contributed by atoms with Gasteiger partial charge >= 0.3 is 12.1 Å². The Morgan fingerprint density at radius 2 is 1.63 bits per heavy atom. The molecule has 0 aliphatic carbocycles. The van der Waals surface area contributed by atoms with Crippen LogP contribution in [0.4, 0.5) is 10.5 Å². The number of carbonyl (C=O) groups excluding carboxylic acids is 3. The normalized spacial score (nSPS) is 16.5. The highest BCUT2D eigenvalue weighted by Gasteiger charge is 2.39. The van der Waals surface area contributed by atoms with Gasteiger partial charge in [-0.05, 0) is 31.7 Å². The van der Waals surface area contributed by atoms with Gasteiger partial charge in [0.1, 0.15) is 5.69 Å². The quantitative estimate of drug-likeness (QED) is 0.257. The molecule has 4 heterocycles. The lowest BCUT2D eigenvalue weighted by Crippen LogP contribution is -2.48. The van der Waals surface area contributed by atoms with E-state index in [0.717, 1.165) is 0 Å². The van der Waals surface area contributed by atoms with Crippen LogP contribution in [-0.4, -0.2) is 118 Å². The van der Waals surface area contributed by atoms with E-state index >= 15 is 0 Å². The standard InChI is InChI=1S/C32H37N5O9/c1-16-23(31(40)45-6)25-24-18(15-38)14-37(20(24)13-21(27(25)33-16)46-32(41)36-9-7-35(2)8-10-36)30(39)19-11-17-12-22(42-3)28(43-4)29(44-5)26(17)34-19/h11-13,18,33-34,38H,7-10,14-15H2,1-6H3. The number of hydrogen-bond donors (Lipinski definition) is 3. The second-order valence-electron chi connectivity index (χ2n) is 11.4. The van der Waals surface area contributed by atoms with Gasteiger partial charge in [-0.25, -0.2) is 9.59 Å². The van der Waals surface area contributed by atoms with Gasteiger partial charge in [0.25, 0.3) is 5.91 Å². The summed E-state index contributed by atoms with van der Waals surface area (Å²) < 4.78 is 27.7. The molecule has 0 bridgehead atoms. The Hall–Kier alpha value is -4.95. The highest BCUT2D eigenvalue weighted by atomic mass is 16.6. The summed E-state index contributed by atoms with van der Waals surface area (Å²) in [5.74, 6) is -0.212. The first kappa shape index (κ1) is 31.0. The number of amides is 2. The van der Waals surface area contributed by atoms with Gasteiger partial charge in [-0.3, -0.25) is 4.79 Å². The number of aromatic amines is 2. The first-order chi connectivity index (χ1) is 22.1. The Morgan fingerprint density at radius 1 is 0.913 bits per heavy atom. The number of methoxy groups -OCH3 is 4. The van der Waals surface area contributed by atoms with Crippen LogP contribution in [0.2, 0.25) is 0 Å². The van der Waals surface area contributed by atoms with Crippen molar-refractivity contribution < 1.29 is 43.2 Å². The Bertz CT molecular complexity index is 1850. The van der Waals surface area contributed by atoms with Crippen molar-refractivity contribution >= 4 is 45.5 Å². The number of hydrogen-bond acceptors (Lipinski definition) is 10. The second kappa shape index (κ2) is 12.1. The van der Waals surface area contributed by atoms with Crippen LogP contribution in [0, 0.1) is 6.92 Å². The van der Waals surface area contributed by atoms with Crippen LogP contribution in [-0.2, 0) is 4.74 Å². The van der Waals surface area contributed by atoms with Crippen molar-refractivity contribution in [3.05, 3.63) is 40.7 Å². The lowest BCUT2D eigenvalue weighted by molar-refractivity contribution is 0.0602.